The summed E-state index contributed by atoms with van der Waals surface area (Å²) in [5.41, 5.74) is 2.15. The molecule has 0 fully saturated rings. The molecule has 1 aromatic heterocycles. The predicted octanol–water partition coefficient (Wildman–Crippen LogP) is 5.40. The van der Waals surface area contributed by atoms with E-state index in [9.17, 15) is 9.90 Å². The Morgan fingerprint density at radius 1 is 1.04 bits per heavy atom. The summed E-state index contributed by atoms with van der Waals surface area (Å²) < 4.78 is 1.06. The number of nitrogens with one attached hydrogen (secondary N) is 1. The maximum absolute atomic E-state index is 12.3. The Labute approximate surface area is 164 Å². The largest absolute Gasteiger partial charge is 0.507 e. The van der Waals surface area contributed by atoms with Crippen LogP contribution >= 0.6 is 23.1 Å². The van der Waals surface area contributed by atoms with Gasteiger partial charge in [0, 0.05) is 10.6 Å². The van der Waals surface area contributed by atoms with Crippen molar-refractivity contribution in [3.8, 4) is 16.3 Å². The second-order valence-corrected chi connectivity index (χ2v) is 7.95. The van der Waals surface area contributed by atoms with Gasteiger partial charge in [0.15, 0.2) is 0 Å². The van der Waals surface area contributed by atoms with Crippen LogP contribution in [0.2, 0.25) is 0 Å². The first kappa shape index (κ1) is 17.6. The number of anilines is 1. The molecule has 27 heavy (non-hydrogen) atoms. The average molecular weight is 393 g/mol. The highest BCUT2D eigenvalue weighted by atomic mass is 32.2. The van der Waals surface area contributed by atoms with Gasteiger partial charge < -0.3 is 10.4 Å². The normalized spacial score (nSPS) is 10.8. The minimum absolute atomic E-state index is 0.0928. The summed E-state index contributed by atoms with van der Waals surface area (Å²) in [5, 5.41) is 13.9. The number of para-hydroxylation sites is 1. The molecular formula is C21H16N2O2S2. The number of carbonyl (C=O) groups is 1. The van der Waals surface area contributed by atoms with E-state index < -0.39 is 0 Å². The van der Waals surface area contributed by atoms with Crippen LogP contribution in [0, 0.1) is 0 Å². The number of thiazole rings is 1. The van der Waals surface area contributed by atoms with Crippen LogP contribution < -0.4 is 5.32 Å². The lowest BCUT2D eigenvalue weighted by atomic mass is 10.2. The number of fused-ring (bicyclic) bond motifs is 1. The van der Waals surface area contributed by atoms with E-state index in [-0.39, 0.29) is 11.7 Å². The third-order valence-corrected chi connectivity index (χ3v) is 6.00. The molecule has 0 saturated heterocycles. The molecule has 3 aromatic carbocycles. The van der Waals surface area contributed by atoms with Crippen LogP contribution in [0.3, 0.4) is 0 Å². The fourth-order valence-corrected chi connectivity index (χ4v) is 4.35. The fraction of sp³-hybridized carbons (Fsp3) is 0.0476. The minimum Gasteiger partial charge on any atom is -0.507 e. The first-order valence-corrected chi connectivity index (χ1v) is 10.2. The zero-order chi connectivity index (χ0) is 18.6. The molecule has 134 valence electrons. The van der Waals surface area contributed by atoms with Crippen LogP contribution in [0.5, 0.6) is 5.75 Å². The Morgan fingerprint density at radius 3 is 2.63 bits per heavy atom. The summed E-state index contributed by atoms with van der Waals surface area (Å²) in [6.07, 6.45) is 0. The third kappa shape index (κ3) is 4.13. The maximum Gasteiger partial charge on any atom is 0.234 e. The molecule has 4 nitrogen and oxygen atoms in total. The first-order valence-electron chi connectivity index (χ1n) is 8.36. The van der Waals surface area contributed by atoms with Gasteiger partial charge in [0.1, 0.15) is 10.8 Å². The molecule has 1 heterocycles. The second kappa shape index (κ2) is 7.82. The Kier molecular flexibility index (Phi) is 5.09. The molecule has 1 amide bonds. The number of nitrogens with zero attached hydrogens (tertiary/aromatic N) is 1. The Morgan fingerprint density at radius 2 is 1.81 bits per heavy atom. The number of hydrogen-bond donors (Lipinski definition) is 2. The maximum atomic E-state index is 12.3. The van der Waals surface area contributed by atoms with Gasteiger partial charge in [-0.1, -0.05) is 30.3 Å². The summed E-state index contributed by atoms with van der Waals surface area (Å²) in [6.45, 7) is 0. The molecule has 0 atom stereocenters. The van der Waals surface area contributed by atoms with E-state index in [0.29, 0.717) is 17.0 Å². The number of carbonyl (C=O) groups excluding carboxylic acids is 1. The average Bonchev–Trinajstić information content (AvgIpc) is 3.13. The monoisotopic (exact) mass is 392 g/mol. The van der Waals surface area contributed by atoms with Crippen molar-refractivity contribution < 1.29 is 9.90 Å². The summed E-state index contributed by atoms with van der Waals surface area (Å²) in [4.78, 5) is 17.9. The smallest absolute Gasteiger partial charge is 0.234 e. The van der Waals surface area contributed by atoms with Gasteiger partial charge in [0.25, 0.3) is 0 Å². The third-order valence-electron chi connectivity index (χ3n) is 3.92. The lowest BCUT2D eigenvalue weighted by molar-refractivity contribution is -0.113. The topological polar surface area (TPSA) is 62.2 Å². The van der Waals surface area contributed by atoms with Crippen molar-refractivity contribution in [2.45, 2.75) is 4.90 Å². The van der Waals surface area contributed by atoms with E-state index in [4.69, 9.17) is 0 Å². The van der Waals surface area contributed by atoms with Gasteiger partial charge in [-0.05, 0) is 42.5 Å². The molecule has 0 aliphatic carbocycles. The van der Waals surface area contributed by atoms with E-state index in [1.54, 1.807) is 18.2 Å². The lowest BCUT2D eigenvalue weighted by Gasteiger charge is -2.08. The van der Waals surface area contributed by atoms with Gasteiger partial charge in [0.05, 0.1) is 21.5 Å². The van der Waals surface area contributed by atoms with Crippen molar-refractivity contribution >= 4 is 44.9 Å². The first-order chi connectivity index (χ1) is 13.2. The van der Waals surface area contributed by atoms with Crippen LogP contribution in [0.25, 0.3) is 20.8 Å². The van der Waals surface area contributed by atoms with E-state index in [1.165, 1.54) is 23.1 Å². The van der Waals surface area contributed by atoms with Crippen molar-refractivity contribution in [3.63, 3.8) is 0 Å². The number of benzene rings is 3. The van der Waals surface area contributed by atoms with E-state index in [2.05, 4.69) is 10.3 Å². The van der Waals surface area contributed by atoms with Gasteiger partial charge in [-0.2, -0.15) is 0 Å². The number of thioether (sulfide) groups is 1. The highest BCUT2D eigenvalue weighted by Crippen LogP contribution is 2.36. The summed E-state index contributed by atoms with van der Waals surface area (Å²) >= 11 is 2.99. The zero-order valence-electron chi connectivity index (χ0n) is 14.3. The number of rotatable bonds is 5. The van der Waals surface area contributed by atoms with Crippen LogP contribution in [0.1, 0.15) is 0 Å². The van der Waals surface area contributed by atoms with Crippen LogP contribution in [0.15, 0.2) is 77.7 Å². The van der Waals surface area contributed by atoms with Gasteiger partial charge in [-0.3, -0.25) is 4.79 Å². The summed E-state index contributed by atoms with van der Waals surface area (Å²) in [5.74, 6) is 0.372. The summed E-state index contributed by atoms with van der Waals surface area (Å²) in [6, 6.07) is 22.7. The molecule has 2 N–H and O–H groups in total. The Bertz CT molecular complexity index is 1060. The number of aromatic hydroxyl groups is 1. The highest BCUT2D eigenvalue weighted by Gasteiger charge is 2.12. The summed E-state index contributed by atoms with van der Waals surface area (Å²) in [7, 11) is 0. The molecule has 0 spiro atoms. The van der Waals surface area contributed by atoms with Gasteiger partial charge in [-0.15, -0.1) is 23.1 Å². The SMILES string of the molecule is O=C(CSc1ccccc1)Nc1ccc(O)c(-c2nc3ccccc3s2)c1. The number of phenolic OH excluding ortho intramolecular Hbond substituents is 1. The van der Waals surface area contributed by atoms with Crippen molar-refractivity contribution in [1.29, 1.82) is 0 Å². The number of amides is 1. The molecular weight excluding hydrogens is 376 g/mol. The molecule has 0 saturated carbocycles. The number of aromatic nitrogens is 1. The van der Waals surface area contributed by atoms with Gasteiger partial charge in [-0.25, -0.2) is 4.98 Å². The quantitative estimate of drug-likeness (QED) is 0.353. The molecule has 6 heteroatoms. The van der Waals surface area contributed by atoms with Crippen molar-refractivity contribution in [3.05, 3.63) is 72.8 Å². The number of hydrogen-bond acceptors (Lipinski definition) is 5. The van der Waals surface area contributed by atoms with Crippen molar-refractivity contribution in [2.24, 2.45) is 0 Å². The van der Waals surface area contributed by atoms with E-state index >= 15 is 0 Å². The molecule has 0 aliphatic heterocycles. The fourth-order valence-electron chi connectivity index (χ4n) is 2.64. The molecule has 0 bridgehead atoms. The Balaban J connectivity index is 1.51. The van der Waals surface area contributed by atoms with Crippen LogP contribution in [-0.2, 0) is 4.79 Å². The number of phenols is 1. The predicted molar refractivity (Wildman–Crippen MR) is 113 cm³/mol. The van der Waals surface area contributed by atoms with Crippen LogP contribution in [-0.4, -0.2) is 21.8 Å². The van der Waals surface area contributed by atoms with Crippen molar-refractivity contribution in [1.82, 2.24) is 4.98 Å². The molecule has 0 unspecified atom stereocenters. The molecule has 4 rings (SSSR count). The lowest BCUT2D eigenvalue weighted by Crippen LogP contribution is -2.13. The van der Waals surface area contributed by atoms with Crippen molar-refractivity contribution in [2.75, 3.05) is 11.1 Å². The standard InChI is InChI=1S/C21H16N2O2S2/c24-18-11-10-14(22-20(25)13-26-15-6-2-1-3-7-15)12-16(18)21-23-17-8-4-5-9-19(17)27-21/h1-12,24H,13H2,(H,22,25). The zero-order valence-corrected chi connectivity index (χ0v) is 15.9. The van der Waals surface area contributed by atoms with E-state index in [0.717, 1.165) is 20.1 Å². The van der Waals surface area contributed by atoms with Gasteiger partial charge in [0.2, 0.25) is 5.91 Å². The Hall–Kier alpha value is -2.83. The molecule has 0 aliphatic rings. The molecule has 4 aromatic rings. The highest BCUT2D eigenvalue weighted by molar-refractivity contribution is 8.00. The minimum atomic E-state index is -0.0928. The van der Waals surface area contributed by atoms with E-state index in [1.807, 2.05) is 54.6 Å². The molecule has 0 radical (unpaired) electrons. The van der Waals surface area contributed by atoms with Gasteiger partial charge >= 0.3 is 0 Å². The van der Waals surface area contributed by atoms with Crippen LogP contribution in [0.4, 0.5) is 5.69 Å². The second-order valence-electron chi connectivity index (χ2n) is 5.87.